The first-order valence-electron chi connectivity index (χ1n) is 11.1. The molecule has 0 unspecified atom stereocenters. The zero-order valence-electron chi connectivity index (χ0n) is 18.8. The number of pyridine rings is 1. The van der Waals surface area contributed by atoms with Gasteiger partial charge in [-0.1, -0.05) is 58.0 Å². The molecule has 0 aliphatic carbocycles. The summed E-state index contributed by atoms with van der Waals surface area (Å²) in [6, 6.07) is 22.3. The molecule has 0 N–H and O–H groups in total. The monoisotopic (exact) mass is 423 g/mol. The average molecular weight is 424 g/mol. The maximum Gasteiger partial charge on any atom is 0.144 e. The van der Waals surface area contributed by atoms with E-state index in [1.165, 1.54) is 0 Å². The Bertz CT molecular complexity index is 1420. The van der Waals surface area contributed by atoms with E-state index in [2.05, 4.69) is 23.2 Å². The van der Waals surface area contributed by atoms with Crippen LogP contribution < -0.4 is 0 Å². The van der Waals surface area contributed by atoms with Crippen LogP contribution in [0.15, 0.2) is 77.3 Å². The lowest BCUT2D eigenvalue weighted by molar-refractivity contribution is 0.573. The van der Waals surface area contributed by atoms with Gasteiger partial charge in [0.1, 0.15) is 17.0 Å². The van der Waals surface area contributed by atoms with Crippen molar-refractivity contribution in [3.63, 3.8) is 0 Å². The zero-order valence-corrected chi connectivity index (χ0v) is 18.8. The molecule has 0 atom stereocenters. The Morgan fingerprint density at radius 1 is 0.750 bits per heavy atom. The third-order valence-corrected chi connectivity index (χ3v) is 6.15. The lowest BCUT2D eigenvalue weighted by Gasteiger charge is -2.17. The molecule has 0 fully saturated rings. The normalized spacial score (nSPS) is 11.8. The van der Waals surface area contributed by atoms with Gasteiger partial charge in [0, 0.05) is 22.5 Å². The highest BCUT2D eigenvalue weighted by Crippen LogP contribution is 2.37. The van der Waals surface area contributed by atoms with Crippen molar-refractivity contribution in [1.29, 1.82) is 0 Å². The van der Waals surface area contributed by atoms with Crippen molar-refractivity contribution in [2.24, 2.45) is 0 Å². The van der Waals surface area contributed by atoms with Gasteiger partial charge in [-0.25, -0.2) is 4.39 Å². The molecule has 5 aromatic rings. The third kappa shape index (κ3) is 3.38. The second kappa shape index (κ2) is 7.90. The third-order valence-electron chi connectivity index (χ3n) is 6.15. The maximum atomic E-state index is 15.1. The van der Waals surface area contributed by atoms with Gasteiger partial charge in [-0.15, -0.1) is 0 Å². The van der Waals surface area contributed by atoms with Crippen molar-refractivity contribution in [2.45, 2.75) is 39.5 Å². The molecule has 5 rings (SSSR count). The molecule has 0 saturated heterocycles. The van der Waals surface area contributed by atoms with Crippen molar-refractivity contribution in [3.8, 4) is 22.4 Å². The number of para-hydroxylation sites is 2. The fourth-order valence-corrected chi connectivity index (χ4v) is 4.38. The van der Waals surface area contributed by atoms with E-state index >= 15 is 4.39 Å². The van der Waals surface area contributed by atoms with Crippen LogP contribution in [0.2, 0.25) is 0 Å². The first kappa shape index (κ1) is 20.4. The van der Waals surface area contributed by atoms with Crippen LogP contribution in [0, 0.1) is 5.82 Å². The minimum absolute atomic E-state index is 0.0833. The summed E-state index contributed by atoms with van der Waals surface area (Å²) in [5.74, 6) is 0.135. The Morgan fingerprint density at radius 2 is 1.44 bits per heavy atom. The highest BCUT2D eigenvalue weighted by atomic mass is 19.1. The summed E-state index contributed by atoms with van der Waals surface area (Å²) in [6.07, 6.45) is 1.82. The standard InChI is InChI=1S/C29H26FNO/c1-17(2)24-14-20(15-25(18(3)4)28(24)30)19-12-13-31-26(16-19)23-10-7-9-22-21-8-5-6-11-27(21)32-29(22)23/h5-18H,1-4H3. The fraction of sp³-hybridized carbons (Fsp3) is 0.207. The molecule has 32 heavy (non-hydrogen) atoms. The number of halogens is 1. The molecule has 2 nitrogen and oxygen atoms in total. The van der Waals surface area contributed by atoms with E-state index in [1.807, 2.05) is 82.4 Å². The van der Waals surface area contributed by atoms with Crippen molar-refractivity contribution >= 4 is 21.9 Å². The number of hydrogen-bond donors (Lipinski definition) is 0. The van der Waals surface area contributed by atoms with Gasteiger partial charge in [-0.2, -0.15) is 0 Å². The van der Waals surface area contributed by atoms with E-state index in [1.54, 1.807) is 0 Å². The largest absolute Gasteiger partial charge is 0.455 e. The molecule has 0 bridgehead atoms. The zero-order chi connectivity index (χ0) is 22.4. The number of aromatic nitrogens is 1. The van der Waals surface area contributed by atoms with Crippen LogP contribution >= 0.6 is 0 Å². The van der Waals surface area contributed by atoms with Gasteiger partial charge in [-0.3, -0.25) is 4.98 Å². The van der Waals surface area contributed by atoms with E-state index in [0.717, 1.165) is 55.4 Å². The van der Waals surface area contributed by atoms with Crippen molar-refractivity contribution in [2.75, 3.05) is 0 Å². The lowest BCUT2D eigenvalue weighted by Crippen LogP contribution is -2.02. The topological polar surface area (TPSA) is 26.0 Å². The fourth-order valence-electron chi connectivity index (χ4n) is 4.38. The quantitative estimate of drug-likeness (QED) is 0.289. The van der Waals surface area contributed by atoms with Crippen molar-refractivity contribution in [1.82, 2.24) is 4.98 Å². The molecule has 0 spiro atoms. The summed E-state index contributed by atoms with van der Waals surface area (Å²) in [4.78, 5) is 4.65. The first-order chi connectivity index (χ1) is 15.4. The number of fused-ring (bicyclic) bond motifs is 3. The minimum atomic E-state index is -0.0833. The number of benzene rings is 3. The number of hydrogen-bond acceptors (Lipinski definition) is 2. The molecule has 2 heterocycles. The van der Waals surface area contributed by atoms with Gasteiger partial charge >= 0.3 is 0 Å². The van der Waals surface area contributed by atoms with Crippen LogP contribution in [0.4, 0.5) is 4.39 Å². The molecule has 0 aliphatic heterocycles. The summed E-state index contributed by atoms with van der Waals surface area (Å²) in [6.45, 7) is 8.14. The minimum Gasteiger partial charge on any atom is -0.455 e. The van der Waals surface area contributed by atoms with Gasteiger partial charge in [0.2, 0.25) is 0 Å². The SMILES string of the molecule is CC(C)c1cc(-c2ccnc(-c3cccc4c3oc3ccccc34)c2)cc(C(C)C)c1F. The van der Waals surface area contributed by atoms with Crippen molar-refractivity contribution < 1.29 is 8.81 Å². The molecule has 3 heteroatoms. The van der Waals surface area contributed by atoms with Crippen LogP contribution in [0.3, 0.4) is 0 Å². The molecule has 3 aromatic carbocycles. The van der Waals surface area contributed by atoms with Crippen LogP contribution in [-0.4, -0.2) is 4.98 Å². The van der Waals surface area contributed by atoms with Crippen LogP contribution in [-0.2, 0) is 0 Å². The van der Waals surface area contributed by atoms with Gasteiger partial charge < -0.3 is 4.42 Å². The molecule has 0 amide bonds. The number of nitrogens with zero attached hydrogens (tertiary/aromatic N) is 1. The Kier molecular flexibility index (Phi) is 5.05. The predicted octanol–water partition coefficient (Wildman–Crippen LogP) is 8.70. The summed E-state index contributed by atoms with van der Waals surface area (Å²) in [5, 5.41) is 2.18. The summed E-state index contributed by atoms with van der Waals surface area (Å²) in [5.41, 5.74) is 7.04. The van der Waals surface area contributed by atoms with Gasteiger partial charge in [-0.05, 0) is 70.5 Å². The second-order valence-electron chi connectivity index (χ2n) is 8.99. The summed E-state index contributed by atoms with van der Waals surface area (Å²) < 4.78 is 21.3. The maximum absolute atomic E-state index is 15.1. The van der Waals surface area contributed by atoms with E-state index in [0.29, 0.717) is 0 Å². The second-order valence-corrected chi connectivity index (χ2v) is 8.99. The molecular formula is C29H26FNO. The molecule has 0 radical (unpaired) electrons. The van der Waals surface area contributed by atoms with E-state index in [-0.39, 0.29) is 17.7 Å². The predicted molar refractivity (Wildman–Crippen MR) is 131 cm³/mol. The Morgan fingerprint density at radius 3 is 2.16 bits per heavy atom. The van der Waals surface area contributed by atoms with Gasteiger partial charge in [0.15, 0.2) is 0 Å². The highest BCUT2D eigenvalue weighted by molar-refractivity contribution is 6.09. The molecule has 0 aliphatic rings. The van der Waals surface area contributed by atoms with Crippen LogP contribution in [0.25, 0.3) is 44.3 Å². The van der Waals surface area contributed by atoms with E-state index in [9.17, 15) is 0 Å². The number of furan rings is 1. The number of rotatable bonds is 4. The lowest BCUT2D eigenvalue weighted by atomic mass is 9.90. The molecule has 160 valence electrons. The average Bonchev–Trinajstić information content (AvgIpc) is 3.18. The van der Waals surface area contributed by atoms with Crippen molar-refractivity contribution in [3.05, 3.63) is 89.9 Å². The molecule has 2 aromatic heterocycles. The Hall–Kier alpha value is -3.46. The molecule has 0 saturated carbocycles. The van der Waals surface area contributed by atoms with Crippen LogP contribution in [0.1, 0.15) is 50.7 Å². The Labute approximate surface area is 187 Å². The highest BCUT2D eigenvalue weighted by Gasteiger charge is 2.18. The molecular weight excluding hydrogens is 397 g/mol. The Balaban J connectivity index is 1.69. The van der Waals surface area contributed by atoms with E-state index in [4.69, 9.17) is 4.42 Å². The van der Waals surface area contributed by atoms with Crippen LogP contribution in [0.5, 0.6) is 0 Å². The smallest absolute Gasteiger partial charge is 0.144 e. The summed E-state index contributed by atoms with van der Waals surface area (Å²) >= 11 is 0. The van der Waals surface area contributed by atoms with Gasteiger partial charge in [0.25, 0.3) is 0 Å². The first-order valence-corrected chi connectivity index (χ1v) is 11.1. The van der Waals surface area contributed by atoms with Gasteiger partial charge in [0.05, 0.1) is 5.69 Å². The van der Waals surface area contributed by atoms with E-state index < -0.39 is 0 Å². The summed E-state index contributed by atoms with van der Waals surface area (Å²) in [7, 11) is 0.